The van der Waals surface area contributed by atoms with Gasteiger partial charge in [0.15, 0.2) is 0 Å². The Kier molecular flexibility index (Phi) is 3.05. The highest BCUT2D eigenvalue weighted by Crippen LogP contribution is 2.24. The molecule has 0 aliphatic rings. The number of para-hydroxylation sites is 1. The molecule has 0 aliphatic carbocycles. The Morgan fingerprint density at radius 2 is 2.23 bits per heavy atom. The number of hydrogen-bond donors (Lipinski definition) is 3. The van der Waals surface area contributed by atoms with Crippen molar-refractivity contribution in [3.8, 4) is 0 Å². The summed E-state index contributed by atoms with van der Waals surface area (Å²) in [4.78, 5) is 10.7. The Morgan fingerprint density at radius 3 is 2.77 bits per heavy atom. The van der Waals surface area contributed by atoms with Gasteiger partial charge in [-0.3, -0.25) is 5.43 Å². The van der Waals surface area contributed by atoms with E-state index in [1.54, 1.807) is 5.43 Å². The Hall–Kier alpha value is -1.33. The maximum atomic E-state index is 13.0. The SMILES string of the molecule is NNC(=O)Nc1c(F)cccc1Cl. The molecule has 0 aromatic heterocycles. The van der Waals surface area contributed by atoms with Crippen LogP contribution in [0, 0.1) is 5.82 Å². The number of hydrogen-bond acceptors (Lipinski definition) is 2. The van der Waals surface area contributed by atoms with Gasteiger partial charge >= 0.3 is 6.03 Å². The monoisotopic (exact) mass is 203 g/mol. The molecule has 0 aliphatic heterocycles. The minimum atomic E-state index is -0.730. The van der Waals surface area contributed by atoms with E-state index in [1.165, 1.54) is 18.2 Å². The Morgan fingerprint density at radius 1 is 1.54 bits per heavy atom. The van der Waals surface area contributed by atoms with E-state index in [4.69, 9.17) is 17.4 Å². The number of halogens is 2. The minimum absolute atomic E-state index is 0.0906. The first kappa shape index (κ1) is 9.76. The Balaban J connectivity index is 2.93. The van der Waals surface area contributed by atoms with Crippen LogP contribution in [0.25, 0.3) is 0 Å². The molecule has 13 heavy (non-hydrogen) atoms. The molecule has 0 radical (unpaired) electrons. The van der Waals surface area contributed by atoms with Gasteiger partial charge in [0.2, 0.25) is 0 Å². The van der Waals surface area contributed by atoms with Crippen LogP contribution < -0.4 is 16.6 Å². The molecule has 0 atom stereocenters. The molecule has 0 unspecified atom stereocenters. The predicted molar refractivity (Wildman–Crippen MR) is 47.8 cm³/mol. The highest BCUT2D eigenvalue weighted by atomic mass is 35.5. The smallest absolute Gasteiger partial charge is 0.303 e. The van der Waals surface area contributed by atoms with E-state index in [0.717, 1.165) is 0 Å². The van der Waals surface area contributed by atoms with Gasteiger partial charge in [0.25, 0.3) is 0 Å². The zero-order chi connectivity index (χ0) is 9.84. The number of carbonyl (C=O) groups excluding carboxylic acids is 1. The Bertz CT molecular complexity index is 311. The molecular weight excluding hydrogens is 197 g/mol. The Labute approximate surface area is 78.8 Å². The van der Waals surface area contributed by atoms with Crippen LogP contribution in [-0.4, -0.2) is 6.03 Å². The van der Waals surface area contributed by atoms with Gasteiger partial charge in [0.1, 0.15) is 5.82 Å². The summed E-state index contributed by atoms with van der Waals surface area (Å²) in [5.41, 5.74) is 1.70. The van der Waals surface area contributed by atoms with Crippen LogP contribution in [0.5, 0.6) is 0 Å². The molecule has 4 nitrogen and oxygen atoms in total. The molecule has 0 spiro atoms. The molecule has 1 rings (SSSR count). The third-order valence-corrected chi connectivity index (χ3v) is 1.65. The molecule has 0 saturated carbocycles. The number of benzene rings is 1. The van der Waals surface area contributed by atoms with Gasteiger partial charge in [-0.25, -0.2) is 15.0 Å². The number of anilines is 1. The lowest BCUT2D eigenvalue weighted by atomic mass is 10.3. The zero-order valence-corrected chi connectivity index (χ0v) is 7.23. The average Bonchev–Trinajstić information content (AvgIpc) is 2.11. The molecule has 0 heterocycles. The van der Waals surface area contributed by atoms with E-state index in [9.17, 15) is 9.18 Å². The standard InChI is InChI=1S/C7H7ClFN3O/c8-4-2-1-3-5(9)6(4)11-7(13)12-10/h1-3H,10H2,(H2,11,12,13). The molecule has 4 N–H and O–H groups in total. The lowest BCUT2D eigenvalue weighted by molar-refractivity contribution is 0.252. The second-order valence-electron chi connectivity index (χ2n) is 2.20. The van der Waals surface area contributed by atoms with E-state index >= 15 is 0 Å². The van der Waals surface area contributed by atoms with Crippen molar-refractivity contribution < 1.29 is 9.18 Å². The van der Waals surface area contributed by atoms with Crippen molar-refractivity contribution >= 4 is 23.3 Å². The second kappa shape index (κ2) is 4.06. The summed E-state index contributed by atoms with van der Waals surface area (Å²) in [6, 6.07) is 3.34. The topological polar surface area (TPSA) is 67.1 Å². The van der Waals surface area contributed by atoms with Gasteiger partial charge < -0.3 is 5.32 Å². The fourth-order valence-electron chi connectivity index (χ4n) is 0.767. The van der Waals surface area contributed by atoms with Crippen molar-refractivity contribution in [1.29, 1.82) is 0 Å². The van der Waals surface area contributed by atoms with Crippen molar-refractivity contribution in [2.75, 3.05) is 5.32 Å². The maximum Gasteiger partial charge on any atom is 0.333 e. The van der Waals surface area contributed by atoms with Crippen LogP contribution in [-0.2, 0) is 0 Å². The average molecular weight is 204 g/mol. The van der Waals surface area contributed by atoms with E-state index in [-0.39, 0.29) is 10.7 Å². The normalized spacial score (nSPS) is 9.46. The van der Waals surface area contributed by atoms with E-state index in [1.807, 2.05) is 0 Å². The highest BCUT2D eigenvalue weighted by Gasteiger charge is 2.08. The molecule has 2 amide bonds. The number of rotatable bonds is 1. The summed E-state index contributed by atoms with van der Waals surface area (Å²) in [5.74, 6) is 4.18. The van der Waals surface area contributed by atoms with Gasteiger partial charge in [-0.15, -0.1) is 0 Å². The third kappa shape index (κ3) is 2.30. The van der Waals surface area contributed by atoms with Crippen LogP contribution in [0.15, 0.2) is 18.2 Å². The van der Waals surface area contributed by atoms with Crippen LogP contribution in [0.2, 0.25) is 5.02 Å². The zero-order valence-electron chi connectivity index (χ0n) is 6.47. The molecule has 0 bridgehead atoms. The van der Waals surface area contributed by atoms with Crippen molar-refractivity contribution in [3.63, 3.8) is 0 Å². The number of hydrazine groups is 1. The number of amides is 2. The predicted octanol–water partition coefficient (Wildman–Crippen LogP) is 1.47. The highest BCUT2D eigenvalue weighted by molar-refractivity contribution is 6.33. The van der Waals surface area contributed by atoms with Gasteiger partial charge in [-0.05, 0) is 12.1 Å². The molecular formula is C7H7ClFN3O. The fourth-order valence-corrected chi connectivity index (χ4v) is 0.977. The molecule has 70 valence electrons. The van der Waals surface area contributed by atoms with Gasteiger partial charge in [-0.2, -0.15) is 0 Å². The van der Waals surface area contributed by atoms with Crippen molar-refractivity contribution in [3.05, 3.63) is 29.0 Å². The largest absolute Gasteiger partial charge is 0.333 e. The summed E-state index contributed by atoms with van der Waals surface area (Å²) in [6.07, 6.45) is 0. The molecule has 6 heteroatoms. The van der Waals surface area contributed by atoms with E-state index in [0.29, 0.717) is 0 Å². The van der Waals surface area contributed by atoms with Crippen molar-refractivity contribution in [2.24, 2.45) is 5.84 Å². The number of carbonyl (C=O) groups is 1. The van der Waals surface area contributed by atoms with Crippen LogP contribution >= 0.6 is 11.6 Å². The van der Waals surface area contributed by atoms with Crippen LogP contribution in [0.3, 0.4) is 0 Å². The summed E-state index contributed by atoms with van der Waals surface area (Å²) >= 11 is 5.61. The third-order valence-electron chi connectivity index (χ3n) is 1.33. The number of nitrogens with one attached hydrogen (secondary N) is 2. The first-order chi connectivity index (χ1) is 6.15. The van der Waals surface area contributed by atoms with E-state index < -0.39 is 11.8 Å². The first-order valence-corrected chi connectivity index (χ1v) is 3.74. The summed E-state index contributed by atoms with van der Waals surface area (Å²) in [6.45, 7) is 0. The molecule has 1 aromatic carbocycles. The summed E-state index contributed by atoms with van der Waals surface area (Å²) in [7, 11) is 0. The quantitative estimate of drug-likeness (QED) is 0.368. The van der Waals surface area contributed by atoms with Gasteiger partial charge in [0, 0.05) is 0 Å². The van der Waals surface area contributed by atoms with Gasteiger partial charge in [0.05, 0.1) is 10.7 Å². The fraction of sp³-hybridized carbons (Fsp3) is 0. The molecule has 0 saturated heterocycles. The number of nitrogens with two attached hydrogens (primary N) is 1. The van der Waals surface area contributed by atoms with Crippen molar-refractivity contribution in [2.45, 2.75) is 0 Å². The maximum absolute atomic E-state index is 13.0. The lowest BCUT2D eigenvalue weighted by Gasteiger charge is -2.06. The number of urea groups is 1. The summed E-state index contributed by atoms with van der Waals surface area (Å²) < 4.78 is 13.0. The van der Waals surface area contributed by atoms with Crippen LogP contribution in [0.4, 0.5) is 14.9 Å². The lowest BCUT2D eigenvalue weighted by Crippen LogP contribution is -2.34. The molecule has 1 aromatic rings. The van der Waals surface area contributed by atoms with Gasteiger partial charge in [-0.1, -0.05) is 17.7 Å². The van der Waals surface area contributed by atoms with E-state index in [2.05, 4.69) is 5.32 Å². The minimum Gasteiger partial charge on any atom is -0.303 e. The second-order valence-corrected chi connectivity index (χ2v) is 2.60. The van der Waals surface area contributed by atoms with Crippen LogP contribution in [0.1, 0.15) is 0 Å². The van der Waals surface area contributed by atoms with Crippen molar-refractivity contribution in [1.82, 2.24) is 5.43 Å². The first-order valence-electron chi connectivity index (χ1n) is 3.36. The summed E-state index contributed by atoms with van der Waals surface area (Å²) in [5, 5.41) is 2.26. The molecule has 0 fully saturated rings.